The molecular weight excluding hydrogens is 366 g/mol. The van der Waals surface area contributed by atoms with Crippen molar-refractivity contribution in [3.05, 3.63) is 24.3 Å². The Morgan fingerprint density at radius 3 is 2.42 bits per heavy atom. The Morgan fingerprint density at radius 1 is 1.25 bits per heavy atom. The predicted octanol–water partition coefficient (Wildman–Crippen LogP) is 2.24. The topological polar surface area (TPSA) is 69.7 Å². The summed E-state index contributed by atoms with van der Waals surface area (Å²) in [7, 11) is -0.602. The van der Waals surface area contributed by atoms with Crippen LogP contribution in [0.25, 0.3) is 0 Å². The number of carbonyl (C=O) groups excluding carboxylic acids is 1. The van der Waals surface area contributed by atoms with Gasteiger partial charge in [-0.2, -0.15) is 0 Å². The number of nitrogens with one attached hydrogen (secondary N) is 1. The molecule has 0 radical (unpaired) electrons. The normalized spacial score (nSPS) is 11.4. The third-order valence-corrected chi connectivity index (χ3v) is 6.58. The molecule has 0 aliphatic rings. The van der Waals surface area contributed by atoms with Crippen LogP contribution in [-0.2, 0) is 14.8 Å². The van der Waals surface area contributed by atoms with E-state index < -0.39 is 10.0 Å². The highest BCUT2D eigenvalue weighted by atomic mass is 32.2. The predicted molar refractivity (Wildman–Crippen MR) is 104 cm³/mol. The van der Waals surface area contributed by atoms with Crippen LogP contribution in [0.15, 0.2) is 29.2 Å². The van der Waals surface area contributed by atoms with Crippen molar-refractivity contribution in [1.29, 1.82) is 0 Å². The number of hydrogen-bond donors (Lipinski definition) is 1. The summed E-state index contributed by atoms with van der Waals surface area (Å²) in [5.74, 6) is -0.0473. The van der Waals surface area contributed by atoms with E-state index in [1.165, 1.54) is 38.0 Å². The number of thiocarbonyl (C=S) groups is 1. The Morgan fingerprint density at radius 2 is 1.88 bits per heavy atom. The SMILES string of the molecule is CCN(CC)C(=S)SCC(=O)Nc1cccc(S(=O)(=O)N(C)C)c1. The molecule has 0 saturated carbocycles. The molecule has 0 saturated heterocycles. The van der Waals surface area contributed by atoms with E-state index in [1.54, 1.807) is 12.1 Å². The lowest BCUT2D eigenvalue weighted by Crippen LogP contribution is -2.28. The highest BCUT2D eigenvalue weighted by Crippen LogP contribution is 2.18. The molecule has 0 atom stereocenters. The zero-order valence-corrected chi connectivity index (χ0v) is 16.7. The molecule has 1 N–H and O–H groups in total. The molecule has 0 aliphatic carbocycles. The van der Waals surface area contributed by atoms with Crippen LogP contribution in [0.2, 0.25) is 0 Å². The summed E-state index contributed by atoms with van der Waals surface area (Å²) in [6.07, 6.45) is 0. The molecule has 0 fully saturated rings. The summed E-state index contributed by atoms with van der Waals surface area (Å²) in [6.45, 7) is 5.61. The van der Waals surface area contributed by atoms with Crippen molar-refractivity contribution in [3.8, 4) is 0 Å². The van der Waals surface area contributed by atoms with Gasteiger partial charge >= 0.3 is 0 Å². The van der Waals surface area contributed by atoms with Gasteiger partial charge in [-0.1, -0.05) is 30.0 Å². The Labute approximate surface area is 153 Å². The molecule has 0 heterocycles. The van der Waals surface area contributed by atoms with E-state index >= 15 is 0 Å². The monoisotopic (exact) mass is 389 g/mol. The van der Waals surface area contributed by atoms with Gasteiger partial charge in [0.2, 0.25) is 15.9 Å². The van der Waals surface area contributed by atoms with Gasteiger partial charge in [0.15, 0.2) is 0 Å². The van der Waals surface area contributed by atoms with Gasteiger partial charge in [0.1, 0.15) is 4.32 Å². The van der Waals surface area contributed by atoms with E-state index in [0.717, 1.165) is 17.4 Å². The Bertz CT molecular complexity index is 686. The number of benzene rings is 1. The van der Waals surface area contributed by atoms with E-state index in [4.69, 9.17) is 12.2 Å². The smallest absolute Gasteiger partial charge is 0.242 e. The van der Waals surface area contributed by atoms with Crippen LogP contribution >= 0.6 is 24.0 Å². The van der Waals surface area contributed by atoms with Gasteiger partial charge in [0.05, 0.1) is 10.6 Å². The quantitative estimate of drug-likeness (QED) is 0.721. The molecule has 1 rings (SSSR count). The maximum atomic E-state index is 12.1. The van der Waals surface area contributed by atoms with Gasteiger partial charge in [-0.15, -0.1) is 0 Å². The lowest BCUT2D eigenvalue weighted by molar-refractivity contribution is -0.113. The van der Waals surface area contributed by atoms with Gasteiger partial charge in [0, 0.05) is 32.9 Å². The second-order valence-corrected chi connectivity index (χ2v) is 8.85. The Hall–Kier alpha value is -1.16. The molecule has 9 heteroatoms. The van der Waals surface area contributed by atoms with Crippen LogP contribution in [0.3, 0.4) is 0 Å². The minimum atomic E-state index is -3.53. The first-order valence-corrected chi connectivity index (χ1v) is 10.3. The molecular formula is C15H23N3O3S3. The minimum absolute atomic E-state index is 0.136. The molecule has 0 aliphatic heterocycles. The number of hydrogen-bond acceptors (Lipinski definition) is 5. The number of carbonyl (C=O) groups is 1. The highest BCUT2D eigenvalue weighted by Gasteiger charge is 2.17. The van der Waals surface area contributed by atoms with Gasteiger partial charge in [0.25, 0.3) is 0 Å². The summed E-state index contributed by atoms with van der Waals surface area (Å²) in [5.41, 5.74) is 0.442. The second kappa shape index (κ2) is 9.36. The molecule has 6 nitrogen and oxygen atoms in total. The number of amides is 1. The van der Waals surface area contributed by atoms with Crippen LogP contribution in [0.1, 0.15) is 13.8 Å². The number of nitrogens with zero attached hydrogens (tertiary/aromatic N) is 2. The molecule has 0 spiro atoms. The highest BCUT2D eigenvalue weighted by molar-refractivity contribution is 8.23. The van der Waals surface area contributed by atoms with E-state index in [9.17, 15) is 13.2 Å². The average Bonchev–Trinajstić information content (AvgIpc) is 2.54. The van der Waals surface area contributed by atoms with E-state index in [2.05, 4.69) is 5.32 Å². The van der Waals surface area contributed by atoms with E-state index in [-0.39, 0.29) is 16.6 Å². The lowest BCUT2D eigenvalue weighted by Gasteiger charge is -2.20. The van der Waals surface area contributed by atoms with Crippen LogP contribution in [0, 0.1) is 0 Å². The Balaban J connectivity index is 2.70. The number of thioether (sulfide) groups is 1. The maximum absolute atomic E-state index is 12.1. The summed E-state index contributed by atoms with van der Waals surface area (Å²) in [6, 6.07) is 6.19. The van der Waals surface area contributed by atoms with Crippen LogP contribution < -0.4 is 5.32 Å². The maximum Gasteiger partial charge on any atom is 0.242 e. The van der Waals surface area contributed by atoms with Crippen molar-refractivity contribution in [2.24, 2.45) is 0 Å². The zero-order valence-electron chi connectivity index (χ0n) is 14.3. The van der Waals surface area contributed by atoms with Crippen LogP contribution in [0.5, 0.6) is 0 Å². The minimum Gasteiger partial charge on any atom is -0.358 e. The van der Waals surface area contributed by atoms with Crippen molar-refractivity contribution in [3.63, 3.8) is 0 Å². The third kappa shape index (κ3) is 5.73. The summed E-state index contributed by atoms with van der Waals surface area (Å²) < 4.78 is 26.0. The van der Waals surface area contributed by atoms with Crippen LogP contribution in [-0.4, -0.2) is 60.8 Å². The zero-order chi connectivity index (χ0) is 18.3. The number of anilines is 1. The van der Waals surface area contributed by atoms with Crippen LogP contribution in [0.4, 0.5) is 5.69 Å². The second-order valence-electron chi connectivity index (χ2n) is 5.09. The largest absolute Gasteiger partial charge is 0.358 e. The molecule has 134 valence electrons. The molecule has 1 aromatic rings. The van der Waals surface area contributed by atoms with E-state index in [1.807, 2.05) is 18.7 Å². The molecule has 1 amide bonds. The van der Waals surface area contributed by atoms with E-state index in [0.29, 0.717) is 10.0 Å². The first-order chi connectivity index (χ1) is 11.2. The first kappa shape index (κ1) is 20.9. The van der Waals surface area contributed by atoms with Crippen molar-refractivity contribution >= 4 is 49.9 Å². The molecule has 24 heavy (non-hydrogen) atoms. The summed E-state index contributed by atoms with van der Waals surface area (Å²) in [5, 5.41) is 2.70. The average molecular weight is 390 g/mol. The molecule has 0 aromatic heterocycles. The van der Waals surface area contributed by atoms with Crippen molar-refractivity contribution in [2.45, 2.75) is 18.7 Å². The number of rotatable bonds is 7. The van der Waals surface area contributed by atoms with Gasteiger partial charge in [-0.25, -0.2) is 12.7 Å². The number of sulfonamides is 1. The summed E-state index contributed by atoms with van der Waals surface area (Å²) in [4.78, 5) is 14.2. The standard InChI is InChI=1S/C15H23N3O3S3/c1-5-18(6-2)15(22)23-11-14(19)16-12-8-7-9-13(10-12)24(20,21)17(3)4/h7-10H,5-6,11H2,1-4H3,(H,16,19). The fraction of sp³-hybridized carbons (Fsp3) is 0.467. The third-order valence-electron chi connectivity index (χ3n) is 3.24. The molecule has 1 aromatic carbocycles. The molecule has 0 unspecified atom stereocenters. The van der Waals surface area contributed by atoms with Gasteiger partial charge < -0.3 is 10.2 Å². The van der Waals surface area contributed by atoms with Gasteiger partial charge in [-0.3, -0.25) is 4.79 Å². The lowest BCUT2D eigenvalue weighted by atomic mass is 10.3. The fourth-order valence-electron chi connectivity index (χ4n) is 1.84. The molecule has 0 bridgehead atoms. The van der Waals surface area contributed by atoms with Gasteiger partial charge in [-0.05, 0) is 32.0 Å². The Kier molecular flexibility index (Phi) is 8.14. The van der Waals surface area contributed by atoms with Crippen molar-refractivity contribution in [2.75, 3.05) is 38.3 Å². The fourth-order valence-corrected chi connectivity index (χ4v) is 3.99. The first-order valence-electron chi connectivity index (χ1n) is 7.46. The van der Waals surface area contributed by atoms with Crippen molar-refractivity contribution < 1.29 is 13.2 Å². The van der Waals surface area contributed by atoms with Crippen molar-refractivity contribution in [1.82, 2.24) is 9.21 Å². The summed E-state index contributed by atoms with van der Waals surface area (Å²) >= 11 is 6.57.